The van der Waals surface area contributed by atoms with E-state index in [4.69, 9.17) is 11.6 Å². The Balaban J connectivity index is 2.08. The van der Waals surface area contributed by atoms with Crippen LogP contribution in [0.25, 0.3) is 0 Å². The fourth-order valence-corrected chi connectivity index (χ4v) is 2.22. The van der Waals surface area contributed by atoms with Crippen LogP contribution in [-0.4, -0.2) is 0 Å². The summed E-state index contributed by atoms with van der Waals surface area (Å²) in [5.41, 5.74) is 2.60. The third kappa shape index (κ3) is 3.47. The van der Waals surface area contributed by atoms with Crippen molar-refractivity contribution in [3.8, 4) is 0 Å². The second kappa shape index (κ2) is 6.21. The van der Waals surface area contributed by atoms with Crippen LogP contribution in [0.4, 0.5) is 10.1 Å². The highest BCUT2D eigenvalue weighted by Gasteiger charge is 2.03. The maximum absolute atomic E-state index is 13.5. The van der Waals surface area contributed by atoms with Crippen LogP contribution in [-0.2, 0) is 12.4 Å². The van der Waals surface area contributed by atoms with Gasteiger partial charge in [-0.15, -0.1) is 11.6 Å². The van der Waals surface area contributed by atoms with Gasteiger partial charge in [0.25, 0.3) is 0 Å². The third-order valence-corrected chi connectivity index (χ3v) is 3.37. The van der Waals surface area contributed by atoms with E-state index in [0.717, 1.165) is 15.7 Å². The Morgan fingerprint density at radius 1 is 1.17 bits per heavy atom. The van der Waals surface area contributed by atoms with Crippen molar-refractivity contribution in [2.45, 2.75) is 12.4 Å². The van der Waals surface area contributed by atoms with Gasteiger partial charge in [0.1, 0.15) is 5.82 Å². The Morgan fingerprint density at radius 3 is 2.78 bits per heavy atom. The minimum absolute atomic E-state index is 0.209. The topological polar surface area (TPSA) is 12.0 Å². The second-order valence-corrected chi connectivity index (χ2v) is 5.11. The quantitative estimate of drug-likeness (QED) is 0.784. The monoisotopic (exact) mass is 327 g/mol. The maximum Gasteiger partial charge on any atom is 0.128 e. The summed E-state index contributed by atoms with van der Waals surface area (Å²) in [7, 11) is 0. The number of hydrogen-bond acceptors (Lipinski definition) is 1. The lowest BCUT2D eigenvalue weighted by atomic mass is 10.2. The van der Waals surface area contributed by atoms with Crippen LogP contribution >= 0.6 is 27.5 Å². The van der Waals surface area contributed by atoms with Crippen molar-refractivity contribution in [1.29, 1.82) is 0 Å². The van der Waals surface area contributed by atoms with Crippen LogP contribution in [0.1, 0.15) is 11.1 Å². The first-order chi connectivity index (χ1) is 8.69. The van der Waals surface area contributed by atoms with Gasteiger partial charge in [-0.1, -0.05) is 28.1 Å². The van der Waals surface area contributed by atoms with E-state index >= 15 is 0 Å². The van der Waals surface area contributed by atoms with Crippen LogP contribution in [0.2, 0.25) is 0 Å². The Bertz CT molecular complexity index is 545. The zero-order valence-electron chi connectivity index (χ0n) is 9.59. The van der Waals surface area contributed by atoms with Gasteiger partial charge in [-0.2, -0.15) is 0 Å². The lowest BCUT2D eigenvalue weighted by Crippen LogP contribution is -2.02. The Hall–Kier alpha value is -1.06. The van der Waals surface area contributed by atoms with Crippen molar-refractivity contribution in [3.63, 3.8) is 0 Å². The minimum Gasteiger partial charge on any atom is -0.381 e. The van der Waals surface area contributed by atoms with Crippen molar-refractivity contribution in [2.24, 2.45) is 0 Å². The second-order valence-electron chi connectivity index (χ2n) is 3.92. The summed E-state index contributed by atoms with van der Waals surface area (Å²) in [6.07, 6.45) is 0. The number of alkyl halides is 1. The van der Waals surface area contributed by atoms with Gasteiger partial charge in [-0.05, 0) is 35.9 Å². The molecule has 0 saturated carbocycles. The van der Waals surface area contributed by atoms with Crippen molar-refractivity contribution in [3.05, 3.63) is 63.9 Å². The average Bonchev–Trinajstić information content (AvgIpc) is 2.40. The summed E-state index contributed by atoms with van der Waals surface area (Å²) < 4.78 is 14.4. The summed E-state index contributed by atoms with van der Waals surface area (Å²) >= 11 is 9.10. The minimum atomic E-state index is -0.209. The molecule has 0 amide bonds. The molecule has 0 radical (unpaired) electrons. The first kappa shape index (κ1) is 13.4. The molecule has 0 saturated heterocycles. The van der Waals surface area contributed by atoms with Crippen molar-refractivity contribution in [1.82, 2.24) is 0 Å². The van der Waals surface area contributed by atoms with Gasteiger partial charge in [0.15, 0.2) is 0 Å². The number of rotatable bonds is 4. The van der Waals surface area contributed by atoms with Crippen LogP contribution in [0.15, 0.2) is 46.9 Å². The molecule has 0 unspecified atom stereocenters. The normalized spacial score (nSPS) is 10.4. The molecule has 2 rings (SSSR count). The van der Waals surface area contributed by atoms with Crippen LogP contribution in [0.5, 0.6) is 0 Å². The molecule has 0 atom stereocenters. The van der Waals surface area contributed by atoms with E-state index in [1.54, 1.807) is 12.1 Å². The molecule has 2 aromatic rings. The van der Waals surface area contributed by atoms with E-state index in [1.807, 2.05) is 24.3 Å². The molecule has 0 aliphatic heterocycles. The van der Waals surface area contributed by atoms with Gasteiger partial charge in [-0.25, -0.2) is 4.39 Å². The summed E-state index contributed by atoms with van der Waals surface area (Å²) in [5.74, 6) is 0.264. The number of halogens is 3. The fourth-order valence-electron chi connectivity index (χ4n) is 1.64. The van der Waals surface area contributed by atoms with E-state index in [-0.39, 0.29) is 5.82 Å². The molecule has 4 heteroatoms. The number of anilines is 1. The van der Waals surface area contributed by atoms with Gasteiger partial charge in [-0.3, -0.25) is 0 Å². The van der Waals surface area contributed by atoms with E-state index in [2.05, 4.69) is 21.2 Å². The van der Waals surface area contributed by atoms with Crippen LogP contribution in [0.3, 0.4) is 0 Å². The molecule has 0 aliphatic rings. The zero-order chi connectivity index (χ0) is 13.0. The van der Waals surface area contributed by atoms with Gasteiger partial charge in [0, 0.05) is 28.1 Å². The number of benzene rings is 2. The van der Waals surface area contributed by atoms with E-state index in [9.17, 15) is 4.39 Å². The predicted molar refractivity (Wildman–Crippen MR) is 77.4 cm³/mol. The lowest BCUT2D eigenvalue weighted by Gasteiger charge is -2.09. The van der Waals surface area contributed by atoms with E-state index in [1.165, 1.54) is 6.07 Å². The Morgan fingerprint density at radius 2 is 2.00 bits per heavy atom. The van der Waals surface area contributed by atoms with Gasteiger partial charge in [0.2, 0.25) is 0 Å². The summed E-state index contributed by atoms with van der Waals surface area (Å²) in [6.45, 7) is 0.441. The first-order valence-corrected chi connectivity index (χ1v) is 6.84. The zero-order valence-corrected chi connectivity index (χ0v) is 11.9. The molecule has 94 valence electrons. The summed E-state index contributed by atoms with van der Waals surface area (Å²) in [4.78, 5) is 0. The van der Waals surface area contributed by atoms with Crippen LogP contribution < -0.4 is 5.32 Å². The molecule has 0 aromatic heterocycles. The third-order valence-electron chi connectivity index (χ3n) is 2.57. The molecule has 0 aliphatic carbocycles. The maximum atomic E-state index is 13.5. The molecule has 0 bridgehead atoms. The van der Waals surface area contributed by atoms with Crippen molar-refractivity contribution >= 4 is 33.2 Å². The number of hydrogen-bond donors (Lipinski definition) is 1. The molecule has 0 heterocycles. The lowest BCUT2D eigenvalue weighted by molar-refractivity contribution is 0.612. The predicted octanol–water partition coefficient (Wildman–Crippen LogP) is 4.94. The van der Waals surface area contributed by atoms with Crippen molar-refractivity contribution < 1.29 is 4.39 Å². The smallest absolute Gasteiger partial charge is 0.128 e. The molecule has 18 heavy (non-hydrogen) atoms. The Kier molecular flexibility index (Phi) is 4.61. The van der Waals surface area contributed by atoms with E-state index in [0.29, 0.717) is 18.0 Å². The van der Waals surface area contributed by atoms with Crippen LogP contribution in [0, 0.1) is 5.82 Å². The van der Waals surface area contributed by atoms with Gasteiger partial charge in [0.05, 0.1) is 0 Å². The Labute approximate surface area is 119 Å². The molecule has 1 N–H and O–H groups in total. The molecule has 1 nitrogen and oxygen atoms in total. The fraction of sp³-hybridized carbons (Fsp3) is 0.143. The molecular formula is C14H12BrClFN. The van der Waals surface area contributed by atoms with E-state index < -0.39 is 0 Å². The first-order valence-electron chi connectivity index (χ1n) is 5.52. The highest BCUT2D eigenvalue weighted by atomic mass is 79.9. The van der Waals surface area contributed by atoms with Crippen molar-refractivity contribution in [2.75, 3.05) is 5.32 Å². The molecule has 0 fully saturated rings. The standard InChI is InChI=1S/C14H12BrClFN/c15-12-4-5-14(17)11(7-12)9-18-13-3-1-2-10(6-13)8-16/h1-7,18H,8-9H2. The number of nitrogens with one attached hydrogen (secondary N) is 1. The highest BCUT2D eigenvalue weighted by Crippen LogP contribution is 2.18. The summed E-state index contributed by atoms with van der Waals surface area (Å²) in [5, 5.41) is 3.18. The molecule has 0 spiro atoms. The molecular weight excluding hydrogens is 317 g/mol. The average molecular weight is 329 g/mol. The largest absolute Gasteiger partial charge is 0.381 e. The highest BCUT2D eigenvalue weighted by molar-refractivity contribution is 9.10. The van der Waals surface area contributed by atoms with Gasteiger partial charge < -0.3 is 5.32 Å². The van der Waals surface area contributed by atoms with Gasteiger partial charge >= 0.3 is 0 Å². The molecule has 2 aromatic carbocycles. The SMILES string of the molecule is Fc1ccc(Br)cc1CNc1cccc(CCl)c1. The summed E-state index contributed by atoms with van der Waals surface area (Å²) in [6, 6.07) is 12.7.